The van der Waals surface area contributed by atoms with Gasteiger partial charge in [-0.2, -0.15) is 0 Å². The first-order valence-electron chi connectivity index (χ1n) is 6.52. The van der Waals surface area contributed by atoms with Gasteiger partial charge < -0.3 is 10.3 Å². The van der Waals surface area contributed by atoms with E-state index in [4.69, 9.17) is 0 Å². The van der Waals surface area contributed by atoms with Crippen molar-refractivity contribution in [1.29, 1.82) is 0 Å². The van der Waals surface area contributed by atoms with Crippen LogP contribution in [0.2, 0.25) is 0 Å². The maximum absolute atomic E-state index is 12.2. The largest absolute Gasteiger partial charge is 0.325 e. The molecular formula is C15H17N3O3. The van der Waals surface area contributed by atoms with Crippen LogP contribution >= 0.6 is 0 Å². The van der Waals surface area contributed by atoms with Gasteiger partial charge in [-0.3, -0.25) is 14.6 Å². The molecule has 110 valence electrons. The summed E-state index contributed by atoms with van der Waals surface area (Å²) in [5.41, 5.74) is -0.0596. The zero-order valence-electron chi connectivity index (χ0n) is 12.1. The Kier molecular flexibility index (Phi) is 3.80. The van der Waals surface area contributed by atoms with Crippen LogP contribution in [-0.2, 0) is 5.41 Å². The number of nitrogens with one attached hydrogen (secondary N) is 3. The fourth-order valence-electron chi connectivity index (χ4n) is 2.01. The van der Waals surface area contributed by atoms with Gasteiger partial charge in [0.2, 0.25) is 0 Å². The van der Waals surface area contributed by atoms with Gasteiger partial charge in [0, 0.05) is 11.9 Å². The van der Waals surface area contributed by atoms with Crippen LogP contribution in [0.15, 0.2) is 40.1 Å². The lowest BCUT2D eigenvalue weighted by Gasteiger charge is -2.22. The van der Waals surface area contributed by atoms with Gasteiger partial charge in [0.25, 0.3) is 11.5 Å². The summed E-state index contributed by atoms with van der Waals surface area (Å²) in [6.45, 7) is 6.10. The summed E-state index contributed by atoms with van der Waals surface area (Å²) in [6.07, 6.45) is 1.11. The monoisotopic (exact) mass is 287 g/mol. The fourth-order valence-corrected chi connectivity index (χ4v) is 2.01. The number of benzene rings is 1. The van der Waals surface area contributed by atoms with Gasteiger partial charge in [0.05, 0.1) is 0 Å². The van der Waals surface area contributed by atoms with Gasteiger partial charge >= 0.3 is 5.69 Å². The Balaban J connectivity index is 2.37. The van der Waals surface area contributed by atoms with Crippen molar-refractivity contribution < 1.29 is 4.79 Å². The number of carbonyl (C=O) groups excluding carboxylic acids is 1. The van der Waals surface area contributed by atoms with Crippen LogP contribution in [0.1, 0.15) is 36.7 Å². The first-order chi connectivity index (χ1) is 9.79. The Morgan fingerprint density at radius 3 is 2.43 bits per heavy atom. The Morgan fingerprint density at radius 2 is 1.81 bits per heavy atom. The van der Waals surface area contributed by atoms with Crippen LogP contribution in [-0.4, -0.2) is 15.9 Å². The Morgan fingerprint density at radius 1 is 1.14 bits per heavy atom. The number of rotatable bonds is 2. The smallest absolute Gasteiger partial charge is 0.321 e. The summed E-state index contributed by atoms with van der Waals surface area (Å²) >= 11 is 0. The third kappa shape index (κ3) is 3.28. The molecule has 1 amide bonds. The van der Waals surface area contributed by atoms with E-state index >= 15 is 0 Å². The molecule has 0 radical (unpaired) electrons. The predicted molar refractivity (Wildman–Crippen MR) is 80.8 cm³/mol. The second-order valence-electron chi connectivity index (χ2n) is 5.74. The second kappa shape index (κ2) is 5.40. The van der Waals surface area contributed by atoms with Crippen molar-refractivity contribution in [3.05, 3.63) is 62.4 Å². The van der Waals surface area contributed by atoms with Gasteiger partial charge in [-0.25, -0.2) is 4.79 Å². The quantitative estimate of drug-likeness (QED) is 0.783. The van der Waals surface area contributed by atoms with Crippen LogP contribution in [0, 0.1) is 0 Å². The summed E-state index contributed by atoms with van der Waals surface area (Å²) in [7, 11) is 0. The highest BCUT2D eigenvalue weighted by molar-refractivity contribution is 6.04. The number of H-pyrrole nitrogens is 2. The molecule has 2 rings (SSSR count). The van der Waals surface area contributed by atoms with E-state index in [0.29, 0.717) is 5.69 Å². The van der Waals surface area contributed by atoms with E-state index in [2.05, 4.69) is 10.3 Å². The SMILES string of the molecule is CC(C)(C)c1ccccc1NC(=O)c1c[nH]c(=O)[nH]c1=O. The van der Waals surface area contributed by atoms with Crippen molar-refractivity contribution in [3.63, 3.8) is 0 Å². The van der Waals surface area contributed by atoms with Crippen molar-refractivity contribution in [2.75, 3.05) is 5.32 Å². The van der Waals surface area contributed by atoms with Crippen LogP contribution in [0.25, 0.3) is 0 Å². The highest BCUT2D eigenvalue weighted by Crippen LogP contribution is 2.29. The zero-order chi connectivity index (χ0) is 15.6. The molecule has 6 heteroatoms. The van der Waals surface area contributed by atoms with Crippen LogP contribution in [0.4, 0.5) is 5.69 Å². The van der Waals surface area contributed by atoms with E-state index in [1.807, 2.05) is 44.0 Å². The third-order valence-electron chi connectivity index (χ3n) is 3.05. The van der Waals surface area contributed by atoms with E-state index < -0.39 is 17.2 Å². The average Bonchev–Trinajstić information content (AvgIpc) is 2.37. The topological polar surface area (TPSA) is 94.8 Å². The highest BCUT2D eigenvalue weighted by atomic mass is 16.2. The molecule has 0 atom stereocenters. The van der Waals surface area contributed by atoms with Gasteiger partial charge in [-0.05, 0) is 17.0 Å². The molecule has 1 aromatic heterocycles. The predicted octanol–water partition coefficient (Wildman–Crippen LogP) is 1.61. The molecule has 0 aliphatic rings. The van der Waals surface area contributed by atoms with E-state index in [-0.39, 0.29) is 11.0 Å². The maximum Gasteiger partial charge on any atom is 0.325 e. The molecular weight excluding hydrogens is 270 g/mol. The average molecular weight is 287 g/mol. The van der Waals surface area contributed by atoms with Crippen molar-refractivity contribution in [2.45, 2.75) is 26.2 Å². The highest BCUT2D eigenvalue weighted by Gasteiger charge is 2.19. The molecule has 0 saturated heterocycles. The molecule has 0 spiro atoms. The van der Waals surface area contributed by atoms with Crippen LogP contribution < -0.4 is 16.6 Å². The molecule has 0 aliphatic carbocycles. The Bertz CT molecular complexity index is 781. The molecule has 1 heterocycles. The third-order valence-corrected chi connectivity index (χ3v) is 3.05. The summed E-state index contributed by atoms with van der Waals surface area (Å²) in [5, 5.41) is 2.71. The normalized spacial score (nSPS) is 11.2. The summed E-state index contributed by atoms with van der Waals surface area (Å²) in [4.78, 5) is 39.1. The number of anilines is 1. The first kappa shape index (κ1) is 14.8. The van der Waals surface area contributed by atoms with E-state index in [1.165, 1.54) is 0 Å². The number of hydrogen-bond acceptors (Lipinski definition) is 3. The van der Waals surface area contributed by atoms with Crippen LogP contribution in [0.3, 0.4) is 0 Å². The lowest BCUT2D eigenvalue weighted by atomic mass is 9.86. The molecule has 3 N–H and O–H groups in total. The Labute approximate surface area is 121 Å². The Hall–Kier alpha value is -2.63. The first-order valence-corrected chi connectivity index (χ1v) is 6.52. The second-order valence-corrected chi connectivity index (χ2v) is 5.74. The van der Waals surface area contributed by atoms with Crippen LogP contribution in [0.5, 0.6) is 0 Å². The molecule has 1 aromatic carbocycles. The van der Waals surface area contributed by atoms with Gasteiger partial charge in [0.15, 0.2) is 0 Å². The number of para-hydroxylation sites is 1. The minimum absolute atomic E-state index is 0.140. The number of hydrogen-bond donors (Lipinski definition) is 3. The summed E-state index contributed by atoms with van der Waals surface area (Å²) in [5.74, 6) is -0.566. The van der Waals surface area contributed by atoms with Crippen molar-refractivity contribution in [1.82, 2.24) is 9.97 Å². The molecule has 0 fully saturated rings. The molecule has 0 aliphatic heterocycles. The molecule has 6 nitrogen and oxygen atoms in total. The fraction of sp³-hybridized carbons (Fsp3) is 0.267. The molecule has 0 unspecified atom stereocenters. The van der Waals surface area contributed by atoms with Crippen molar-refractivity contribution in [3.8, 4) is 0 Å². The zero-order valence-corrected chi connectivity index (χ0v) is 12.1. The van der Waals surface area contributed by atoms with E-state index in [9.17, 15) is 14.4 Å². The number of carbonyl (C=O) groups is 1. The van der Waals surface area contributed by atoms with E-state index in [0.717, 1.165) is 11.8 Å². The number of amides is 1. The van der Waals surface area contributed by atoms with Crippen molar-refractivity contribution >= 4 is 11.6 Å². The lowest BCUT2D eigenvalue weighted by Crippen LogP contribution is -2.30. The molecule has 0 saturated carbocycles. The van der Waals surface area contributed by atoms with Gasteiger partial charge in [-0.1, -0.05) is 39.0 Å². The minimum Gasteiger partial charge on any atom is -0.321 e. The molecule has 0 bridgehead atoms. The van der Waals surface area contributed by atoms with Crippen molar-refractivity contribution in [2.24, 2.45) is 0 Å². The molecule has 21 heavy (non-hydrogen) atoms. The van der Waals surface area contributed by atoms with Gasteiger partial charge in [-0.15, -0.1) is 0 Å². The minimum atomic E-state index is -0.718. The number of aromatic nitrogens is 2. The lowest BCUT2D eigenvalue weighted by molar-refractivity contribution is 0.102. The standard InChI is InChI=1S/C15H17N3O3/c1-15(2,3)10-6-4-5-7-11(10)17-12(19)9-8-16-14(21)18-13(9)20/h4-8H,1-3H3,(H,17,19)(H2,16,18,20,21). The van der Waals surface area contributed by atoms with Gasteiger partial charge in [0.1, 0.15) is 5.56 Å². The maximum atomic E-state index is 12.2. The van der Waals surface area contributed by atoms with E-state index in [1.54, 1.807) is 6.07 Å². The molecule has 2 aromatic rings. The summed E-state index contributed by atoms with van der Waals surface area (Å²) in [6, 6.07) is 7.40. The number of aromatic amines is 2. The summed E-state index contributed by atoms with van der Waals surface area (Å²) < 4.78 is 0.